The summed E-state index contributed by atoms with van der Waals surface area (Å²) in [6, 6.07) is 5.01. The highest BCUT2D eigenvalue weighted by molar-refractivity contribution is 9.10. The summed E-state index contributed by atoms with van der Waals surface area (Å²) in [5, 5.41) is 0. The molecule has 0 aliphatic carbocycles. The molecule has 0 heterocycles. The molecule has 1 aromatic rings. The molecule has 0 saturated carbocycles. The molecule has 0 radical (unpaired) electrons. The van der Waals surface area contributed by atoms with E-state index in [0.717, 1.165) is 4.47 Å². The summed E-state index contributed by atoms with van der Waals surface area (Å²) in [5.74, 6) is -0.0202. The Labute approximate surface area is 126 Å². The van der Waals surface area contributed by atoms with E-state index in [1.165, 1.54) is 7.11 Å². The van der Waals surface area contributed by atoms with Gasteiger partial charge in [0, 0.05) is 23.8 Å². The number of sulfonamides is 1. The summed E-state index contributed by atoms with van der Waals surface area (Å²) in [5.41, 5.74) is 6.45. The third kappa shape index (κ3) is 5.43. The Morgan fingerprint density at radius 3 is 2.79 bits per heavy atom. The van der Waals surface area contributed by atoms with Gasteiger partial charge >= 0.3 is 0 Å². The van der Waals surface area contributed by atoms with Crippen LogP contribution in [0, 0.1) is 0 Å². The zero-order valence-corrected chi connectivity index (χ0v) is 13.6. The van der Waals surface area contributed by atoms with Crippen LogP contribution in [0.5, 0.6) is 0 Å². The van der Waals surface area contributed by atoms with Gasteiger partial charge in [-0.15, -0.1) is 0 Å². The molecule has 0 spiro atoms. The minimum absolute atomic E-state index is 0.0202. The predicted molar refractivity (Wildman–Crippen MR) is 83.9 cm³/mol. The number of methoxy groups -OCH3 is 1. The molecular weight excluding hydrogens is 352 g/mol. The lowest BCUT2D eigenvalue weighted by Crippen LogP contribution is -2.21. The third-order valence-corrected chi connectivity index (χ3v) is 4.34. The summed E-state index contributed by atoms with van der Waals surface area (Å²) >= 11 is 8.19. The Morgan fingerprint density at radius 2 is 2.21 bits per heavy atom. The first kappa shape index (κ1) is 16.4. The molecule has 0 aromatic heterocycles. The lowest BCUT2D eigenvalue weighted by Gasteiger charge is -2.12. The van der Waals surface area contributed by atoms with Crippen LogP contribution in [0.4, 0.5) is 5.69 Å². The molecule has 0 saturated heterocycles. The van der Waals surface area contributed by atoms with Gasteiger partial charge in [0.1, 0.15) is 4.99 Å². The lowest BCUT2D eigenvalue weighted by molar-refractivity contribution is 0.199. The molecule has 0 bridgehead atoms. The van der Waals surface area contributed by atoms with Gasteiger partial charge in [-0.1, -0.05) is 28.1 Å². The van der Waals surface area contributed by atoms with Crippen molar-refractivity contribution < 1.29 is 13.2 Å². The molecule has 19 heavy (non-hydrogen) atoms. The molecule has 0 fully saturated rings. The molecule has 0 atom stereocenters. The zero-order valence-electron chi connectivity index (χ0n) is 10.3. The van der Waals surface area contributed by atoms with Gasteiger partial charge in [-0.25, -0.2) is 8.42 Å². The molecule has 1 rings (SSSR count). The van der Waals surface area contributed by atoms with Gasteiger partial charge in [-0.05, 0) is 24.6 Å². The van der Waals surface area contributed by atoms with Crippen LogP contribution < -0.4 is 10.5 Å². The van der Waals surface area contributed by atoms with Crippen molar-refractivity contribution in [2.45, 2.75) is 6.42 Å². The second kappa shape index (κ2) is 7.18. The van der Waals surface area contributed by atoms with Crippen molar-refractivity contribution >= 4 is 48.8 Å². The van der Waals surface area contributed by atoms with E-state index in [9.17, 15) is 8.42 Å². The summed E-state index contributed by atoms with van der Waals surface area (Å²) < 4.78 is 31.8. The molecule has 1 aromatic carbocycles. The van der Waals surface area contributed by atoms with Crippen molar-refractivity contribution in [2.75, 3.05) is 24.2 Å². The fourth-order valence-electron chi connectivity index (χ4n) is 1.42. The van der Waals surface area contributed by atoms with Crippen LogP contribution in [0.1, 0.15) is 12.0 Å². The van der Waals surface area contributed by atoms with Crippen molar-refractivity contribution in [3.05, 3.63) is 28.2 Å². The van der Waals surface area contributed by atoms with Crippen molar-refractivity contribution in [1.82, 2.24) is 0 Å². The van der Waals surface area contributed by atoms with Crippen LogP contribution in [0.25, 0.3) is 0 Å². The van der Waals surface area contributed by atoms with Crippen LogP contribution in [-0.2, 0) is 14.8 Å². The largest absolute Gasteiger partial charge is 0.389 e. The Bertz CT molecular complexity index is 561. The number of nitrogens with one attached hydrogen (secondary N) is 1. The van der Waals surface area contributed by atoms with Gasteiger partial charge in [-0.2, -0.15) is 0 Å². The summed E-state index contributed by atoms with van der Waals surface area (Å²) in [7, 11) is -1.91. The first-order valence-corrected chi connectivity index (χ1v) is 8.30. The van der Waals surface area contributed by atoms with Crippen molar-refractivity contribution in [3.8, 4) is 0 Å². The number of hydrogen-bond acceptors (Lipinski definition) is 4. The van der Waals surface area contributed by atoms with Crippen molar-refractivity contribution in [2.24, 2.45) is 5.73 Å². The minimum Gasteiger partial charge on any atom is -0.389 e. The van der Waals surface area contributed by atoms with Crippen LogP contribution >= 0.6 is 28.1 Å². The SMILES string of the molecule is COCCCS(=O)(=O)Nc1ccc(Br)cc1C(N)=S. The number of hydrogen-bond donors (Lipinski definition) is 2. The average Bonchev–Trinajstić information content (AvgIpc) is 2.31. The molecule has 3 N–H and O–H groups in total. The van der Waals surface area contributed by atoms with Gasteiger partial charge in [0.2, 0.25) is 10.0 Å². The molecule has 106 valence electrons. The van der Waals surface area contributed by atoms with Crippen LogP contribution in [-0.4, -0.2) is 32.9 Å². The van der Waals surface area contributed by atoms with E-state index in [1.807, 2.05) is 0 Å². The van der Waals surface area contributed by atoms with Gasteiger partial charge in [0.05, 0.1) is 11.4 Å². The standard InChI is InChI=1S/C11H15BrN2O3S2/c1-17-5-2-6-19(15,16)14-10-4-3-8(12)7-9(10)11(13)18/h3-4,7,14H,2,5-6H2,1H3,(H2,13,18). The Balaban J connectivity index is 2.90. The topological polar surface area (TPSA) is 81.4 Å². The van der Waals surface area contributed by atoms with E-state index in [2.05, 4.69) is 20.7 Å². The Morgan fingerprint density at radius 1 is 1.53 bits per heavy atom. The quantitative estimate of drug-likeness (QED) is 0.568. The molecule has 0 aliphatic heterocycles. The minimum atomic E-state index is -3.44. The zero-order chi connectivity index (χ0) is 14.5. The maximum atomic E-state index is 11.9. The van der Waals surface area contributed by atoms with E-state index in [4.69, 9.17) is 22.7 Å². The number of benzene rings is 1. The molecule has 0 amide bonds. The van der Waals surface area contributed by atoms with E-state index in [-0.39, 0.29) is 10.7 Å². The number of ether oxygens (including phenoxy) is 1. The highest BCUT2D eigenvalue weighted by Gasteiger charge is 2.14. The second-order valence-corrected chi connectivity index (χ2v) is 7.02. The highest BCUT2D eigenvalue weighted by Crippen LogP contribution is 2.22. The highest BCUT2D eigenvalue weighted by atomic mass is 79.9. The first-order valence-electron chi connectivity index (χ1n) is 5.44. The third-order valence-electron chi connectivity index (χ3n) is 2.27. The average molecular weight is 367 g/mol. The summed E-state index contributed by atoms with van der Waals surface area (Å²) in [6.45, 7) is 0.392. The van der Waals surface area contributed by atoms with E-state index >= 15 is 0 Å². The lowest BCUT2D eigenvalue weighted by atomic mass is 10.2. The van der Waals surface area contributed by atoms with Gasteiger partial charge in [0.15, 0.2) is 0 Å². The molecule has 5 nitrogen and oxygen atoms in total. The maximum absolute atomic E-state index is 11.9. The first-order chi connectivity index (χ1) is 8.85. The number of halogens is 1. The van der Waals surface area contributed by atoms with Crippen LogP contribution in [0.3, 0.4) is 0 Å². The molecule has 8 heteroatoms. The smallest absolute Gasteiger partial charge is 0.232 e. The maximum Gasteiger partial charge on any atom is 0.232 e. The number of rotatable bonds is 7. The van der Waals surface area contributed by atoms with Gasteiger partial charge in [0.25, 0.3) is 0 Å². The van der Waals surface area contributed by atoms with Crippen LogP contribution in [0.2, 0.25) is 0 Å². The fraction of sp³-hybridized carbons (Fsp3) is 0.364. The van der Waals surface area contributed by atoms with E-state index in [0.29, 0.717) is 24.3 Å². The summed E-state index contributed by atoms with van der Waals surface area (Å²) in [4.78, 5) is 0.135. The van der Waals surface area contributed by atoms with Crippen molar-refractivity contribution in [1.29, 1.82) is 0 Å². The Hall–Kier alpha value is -0.700. The fourth-order valence-corrected chi connectivity index (χ4v) is 3.06. The normalized spacial score (nSPS) is 11.3. The van der Waals surface area contributed by atoms with E-state index in [1.54, 1.807) is 18.2 Å². The number of nitrogens with two attached hydrogens (primary N) is 1. The van der Waals surface area contributed by atoms with Crippen LogP contribution in [0.15, 0.2) is 22.7 Å². The van der Waals surface area contributed by atoms with Crippen molar-refractivity contribution in [3.63, 3.8) is 0 Å². The second-order valence-electron chi connectivity index (χ2n) is 3.82. The summed E-state index contributed by atoms with van der Waals surface area (Å²) in [6.07, 6.45) is 0.421. The molecular formula is C11H15BrN2O3S2. The monoisotopic (exact) mass is 366 g/mol. The molecule has 0 aliphatic rings. The Kier molecular flexibility index (Phi) is 6.18. The predicted octanol–water partition coefficient (Wildman–Crippen LogP) is 1.86. The van der Waals surface area contributed by atoms with Gasteiger partial charge in [-0.3, -0.25) is 4.72 Å². The molecule has 0 unspecified atom stereocenters. The number of anilines is 1. The van der Waals surface area contributed by atoms with Gasteiger partial charge < -0.3 is 10.5 Å². The number of thiocarbonyl (C=S) groups is 1. The van der Waals surface area contributed by atoms with E-state index < -0.39 is 10.0 Å².